The second kappa shape index (κ2) is 6.93. The summed E-state index contributed by atoms with van der Waals surface area (Å²) in [5, 5.41) is 12.3. The van der Waals surface area contributed by atoms with Crippen molar-refractivity contribution < 1.29 is 5.11 Å². The summed E-state index contributed by atoms with van der Waals surface area (Å²) in [5.74, 6) is 0.436. The maximum Gasteiger partial charge on any atom is 0.257 e. The molecule has 0 spiro atoms. The summed E-state index contributed by atoms with van der Waals surface area (Å²) in [7, 11) is 0. The molecule has 3 rings (SSSR count). The quantitative estimate of drug-likeness (QED) is 0.770. The Bertz CT molecular complexity index is 712. The minimum absolute atomic E-state index is 0.0964. The summed E-state index contributed by atoms with van der Waals surface area (Å²) in [5.41, 5.74) is 2.75. The van der Waals surface area contributed by atoms with Crippen LogP contribution in [0.15, 0.2) is 35.1 Å². The molecule has 0 aliphatic carbocycles. The number of fused-ring (bicyclic) bond motifs is 1. The Kier molecular flexibility index (Phi) is 4.73. The van der Waals surface area contributed by atoms with Gasteiger partial charge in [-0.25, -0.2) is 4.98 Å². The number of aromatic nitrogens is 2. The van der Waals surface area contributed by atoms with Gasteiger partial charge in [-0.05, 0) is 12.5 Å². The summed E-state index contributed by atoms with van der Waals surface area (Å²) >= 11 is 0. The molecule has 1 aromatic heterocycles. The van der Waals surface area contributed by atoms with Crippen molar-refractivity contribution in [2.24, 2.45) is 0 Å². The number of hydrogen-bond acceptors (Lipinski definition) is 5. The topological polar surface area (TPSA) is 81.2 Å². The minimum atomic E-state index is -0.488. The van der Waals surface area contributed by atoms with Gasteiger partial charge in [0.25, 0.3) is 5.56 Å². The Hall–Kier alpha value is -2.18. The average molecular weight is 314 g/mol. The molecule has 1 aliphatic heterocycles. The van der Waals surface area contributed by atoms with Gasteiger partial charge in [0.15, 0.2) is 0 Å². The van der Waals surface area contributed by atoms with Gasteiger partial charge in [-0.1, -0.05) is 30.3 Å². The molecule has 0 fully saturated rings. The summed E-state index contributed by atoms with van der Waals surface area (Å²) in [6, 6.07) is 10.3. The van der Waals surface area contributed by atoms with E-state index < -0.39 is 6.10 Å². The molecule has 1 aliphatic rings. The van der Waals surface area contributed by atoms with Crippen LogP contribution in [0.5, 0.6) is 0 Å². The third kappa shape index (κ3) is 3.97. The standard InChI is InChI=1S/C17H22N4O2/c1-12(22)9-18-17-19-15-7-8-21(11-14(15)16(23)20-17)10-13-5-3-2-4-6-13/h2-6,12,22H,7-11H2,1H3,(H2,18,19,20,23). The van der Waals surface area contributed by atoms with Crippen LogP contribution in [0.1, 0.15) is 23.7 Å². The Morgan fingerprint density at radius 2 is 2.17 bits per heavy atom. The number of aliphatic hydroxyl groups is 1. The average Bonchev–Trinajstić information content (AvgIpc) is 2.54. The fourth-order valence-electron chi connectivity index (χ4n) is 2.79. The summed E-state index contributed by atoms with van der Waals surface area (Å²) < 4.78 is 0. The first-order chi connectivity index (χ1) is 11.1. The van der Waals surface area contributed by atoms with Crippen molar-refractivity contribution in [3.05, 3.63) is 57.5 Å². The molecular formula is C17H22N4O2. The highest BCUT2D eigenvalue weighted by molar-refractivity contribution is 5.31. The van der Waals surface area contributed by atoms with E-state index in [1.165, 1.54) is 5.56 Å². The van der Waals surface area contributed by atoms with E-state index in [-0.39, 0.29) is 5.56 Å². The Balaban J connectivity index is 1.72. The van der Waals surface area contributed by atoms with Crippen molar-refractivity contribution >= 4 is 5.95 Å². The fraction of sp³-hybridized carbons (Fsp3) is 0.412. The molecular weight excluding hydrogens is 292 g/mol. The second-order valence-corrected chi connectivity index (χ2v) is 6.02. The van der Waals surface area contributed by atoms with E-state index in [1.54, 1.807) is 6.92 Å². The number of aromatic amines is 1. The van der Waals surface area contributed by atoms with Gasteiger partial charge >= 0.3 is 0 Å². The second-order valence-electron chi connectivity index (χ2n) is 6.02. The van der Waals surface area contributed by atoms with Crippen molar-refractivity contribution in [3.63, 3.8) is 0 Å². The number of benzene rings is 1. The van der Waals surface area contributed by atoms with Crippen molar-refractivity contribution in [3.8, 4) is 0 Å². The molecule has 3 N–H and O–H groups in total. The number of nitrogens with one attached hydrogen (secondary N) is 2. The monoisotopic (exact) mass is 314 g/mol. The van der Waals surface area contributed by atoms with E-state index in [0.29, 0.717) is 19.0 Å². The first-order valence-electron chi connectivity index (χ1n) is 7.92. The molecule has 0 amide bonds. The van der Waals surface area contributed by atoms with Gasteiger partial charge in [-0.2, -0.15) is 0 Å². The molecule has 1 atom stereocenters. The molecule has 2 heterocycles. The number of anilines is 1. The lowest BCUT2D eigenvalue weighted by molar-refractivity contribution is 0.208. The molecule has 1 unspecified atom stereocenters. The van der Waals surface area contributed by atoms with Gasteiger partial charge in [0.05, 0.1) is 17.4 Å². The molecule has 23 heavy (non-hydrogen) atoms. The van der Waals surface area contributed by atoms with Crippen LogP contribution in [0.3, 0.4) is 0 Å². The molecule has 2 aromatic rings. The fourth-order valence-corrected chi connectivity index (χ4v) is 2.79. The third-order valence-electron chi connectivity index (χ3n) is 3.96. The SMILES string of the molecule is CC(O)CNc1nc2c(c(=O)[nH]1)CN(Cc1ccccc1)CC2. The van der Waals surface area contributed by atoms with Crippen LogP contribution in [-0.2, 0) is 19.5 Å². The highest BCUT2D eigenvalue weighted by Gasteiger charge is 2.21. The lowest BCUT2D eigenvalue weighted by atomic mass is 10.1. The first-order valence-corrected chi connectivity index (χ1v) is 7.92. The molecule has 0 radical (unpaired) electrons. The zero-order chi connectivity index (χ0) is 16.2. The smallest absolute Gasteiger partial charge is 0.257 e. The summed E-state index contributed by atoms with van der Waals surface area (Å²) in [4.78, 5) is 21.8. The molecule has 1 aromatic carbocycles. The molecule has 0 saturated heterocycles. The van der Waals surface area contributed by atoms with Gasteiger partial charge in [0.2, 0.25) is 5.95 Å². The maximum atomic E-state index is 12.3. The lowest BCUT2D eigenvalue weighted by Crippen LogP contribution is -2.35. The van der Waals surface area contributed by atoms with Crippen molar-refractivity contribution in [1.82, 2.24) is 14.9 Å². The van der Waals surface area contributed by atoms with Crippen LogP contribution in [-0.4, -0.2) is 39.2 Å². The largest absolute Gasteiger partial charge is 0.392 e. The number of hydrogen-bond donors (Lipinski definition) is 3. The minimum Gasteiger partial charge on any atom is -0.392 e. The number of H-pyrrole nitrogens is 1. The van der Waals surface area contributed by atoms with Gasteiger partial charge in [0, 0.05) is 32.6 Å². The van der Waals surface area contributed by atoms with Crippen LogP contribution in [0, 0.1) is 0 Å². The number of nitrogens with zero attached hydrogens (tertiary/aromatic N) is 2. The van der Waals surface area contributed by atoms with E-state index in [4.69, 9.17) is 0 Å². The highest BCUT2D eigenvalue weighted by Crippen LogP contribution is 2.17. The molecule has 0 saturated carbocycles. The van der Waals surface area contributed by atoms with E-state index >= 15 is 0 Å². The molecule has 6 heteroatoms. The lowest BCUT2D eigenvalue weighted by Gasteiger charge is -2.27. The molecule has 6 nitrogen and oxygen atoms in total. The van der Waals surface area contributed by atoms with Crippen LogP contribution >= 0.6 is 0 Å². The highest BCUT2D eigenvalue weighted by atomic mass is 16.3. The van der Waals surface area contributed by atoms with Crippen molar-refractivity contribution in [2.45, 2.75) is 32.5 Å². The van der Waals surface area contributed by atoms with Gasteiger partial charge < -0.3 is 10.4 Å². The van der Waals surface area contributed by atoms with E-state index in [1.807, 2.05) is 18.2 Å². The predicted octanol–water partition coefficient (Wildman–Crippen LogP) is 1.12. The van der Waals surface area contributed by atoms with Gasteiger partial charge in [-0.15, -0.1) is 0 Å². The van der Waals surface area contributed by atoms with Gasteiger partial charge in [0.1, 0.15) is 0 Å². The van der Waals surface area contributed by atoms with Crippen LogP contribution in [0.2, 0.25) is 0 Å². The zero-order valence-corrected chi connectivity index (χ0v) is 13.2. The Labute approximate surface area is 135 Å². The Morgan fingerprint density at radius 3 is 2.91 bits per heavy atom. The zero-order valence-electron chi connectivity index (χ0n) is 13.2. The number of rotatable bonds is 5. The van der Waals surface area contributed by atoms with Crippen LogP contribution in [0.4, 0.5) is 5.95 Å². The maximum absolute atomic E-state index is 12.3. The van der Waals surface area contributed by atoms with E-state index in [9.17, 15) is 9.90 Å². The van der Waals surface area contributed by atoms with Crippen molar-refractivity contribution in [1.29, 1.82) is 0 Å². The third-order valence-corrected chi connectivity index (χ3v) is 3.96. The summed E-state index contributed by atoms with van der Waals surface area (Å²) in [6.45, 7) is 4.38. The normalized spacial score (nSPS) is 15.9. The van der Waals surface area contributed by atoms with Crippen LogP contribution < -0.4 is 10.9 Å². The Morgan fingerprint density at radius 1 is 1.39 bits per heavy atom. The summed E-state index contributed by atoms with van der Waals surface area (Å²) in [6.07, 6.45) is 0.271. The number of aliphatic hydroxyl groups excluding tert-OH is 1. The van der Waals surface area contributed by atoms with Gasteiger partial charge in [-0.3, -0.25) is 14.7 Å². The van der Waals surface area contributed by atoms with Crippen molar-refractivity contribution in [2.75, 3.05) is 18.4 Å². The van der Waals surface area contributed by atoms with E-state index in [0.717, 1.165) is 30.8 Å². The predicted molar refractivity (Wildman–Crippen MR) is 89.3 cm³/mol. The molecule has 122 valence electrons. The van der Waals surface area contributed by atoms with E-state index in [2.05, 4.69) is 32.3 Å². The molecule has 0 bridgehead atoms. The van der Waals surface area contributed by atoms with Crippen LogP contribution in [0.25, 0.3) is 0 Å². The first kappa shape index (κ1) is 15.7.